The van der Waals surface area contributed by atoms with Gasteiger partial charge in [-0.15, -0.1) is 0 Å². The molecule has 2 aromatic rings. The van der Waals surface area contributed by atoms with Gasteiger partial charge in [0.1, 0.15) is 9.60 Å². The maximum Gasteiger partial charge on any atom is 0.205 e. The van der Waals surface area contributed by atoms with Crippen LogP contribution < -0.4 is 11.1 Å². The van der Waals surface area contributed by atoms with Gasteiger partial charge >= 0.3 is 0 Å². The Morgan fingerprint density at radius 2 is 2.21 bits per heavy atom. The fourth-order valence-corrected chi connectivity index (χ4v) is 2.86. The van der Waals surface area contributed by atoms with Crippen molar-refractivity contribution in [2.45, 2.75) is 6.54 Å². The van der Waals surface area contributed by atoms with Crippen molar-refractivity contribution >= 4 is 49.7 Å². The molecule has 0 spiro atoms. The van der Waals surface area contributed by atoms with Crippen molar-refractivity contribution in [3.8, 4) is 0 Å². The summed E-state index contributed by atoms with van der Waals surface area (Å²) in [4.78, 5) is 15.9. The molecule has 4 nitrogen and oxygen atoms in total. The fourth-order valence-electron chi connectivity index (χ4n) is 1.46. The van der Waals surface area contributed by atoms with Crippen LogP contribution in [0, 0.1) is 0 Å². The lowest BCUT2D eigenvalue weighted by molar-refractivity contribution is 0.0990. The molecule has 100 valence electrons. The number of nitrogens with two attached hydrogens (primary N) is 1. The zero-order valence-corrected chi connectivity index (χ0v) is 13.0. The highest BCUT2D eigenvalue weighted by Crippen LogP contribution is 2.25. The predicted octanol–water partition coefficient (Wildman–Crippen LogP) is 3.11. The first kappa shape index (κ1) is 14.5. The number of Topliss-reactive ketones (excluding diaryl/α,β-unsaturated/α-hetero) is 1. The van der Waals surface area contributed by atoms with Crippen LogP contribution in [0.1, 0.15) is 15.4 Å². The summed E-state index contributed by atoms with van der Waals surface area (Å²) in [6.45, 7) is 0.734. The Balaban J connectivity index is 1.89. The number of hydrogen-bond donors (Lipinski definition) is 2. The molecule has 0 amide bonds. The van der Waals surface area contributed by atoms with Gasteiger partial charge in [-0.25, -0.2) is 4.98 Å². The van der Waals surface area contributed by atoms with Crippen molar-refractivity contribution in [1.29, 1.82) is 0 Å². The molecule has 0 unspecified atom stereocenters. The topological polar surface area (TPSA) is 68.0 Å². The Hall–Kier alpha value is -0.950. The first-order chi connectivity index (χ1) is 9.08. The maximum absolute atomic E-state index is 11.9. The van der Waals surface area contributed by atoms with Gasteiger partial charge in [-0.05, 0) is 27.6 Å². The van der Waals surface area contributed by atoms with E-state index in [1.807, 2.05) is 24.3 Å². The number of nitrogens with one attached hydrogen (secondary N) is 1. The molecule has 0 saturated carbocycles. The molecule has 0 saturated heterocycles. The van der Waals surface area contributed by atoms with Gasteiger partial charge in [0, 0.05) is 11.6 Å². The van der Waals surface area contributed by atoms with Crippen molar-refractivity contribution in [3.63, 3.8) is 0 Å². The molecular formula is C12H11BrClN3OS. The number of aromatic nitrogens is 1. The van der Waals surface area contributed by atoms with E-state index in [9.17, 15) is 4.79 Å². The minimum Gasteiger partial charge on any atom is -0.388 e. The molecule has 1 heterocycles. The highest BCUT2D eigenvalue weighted by atomic mass is 79.9. The van der Waals surface area contributed by atoms with E-state index < -0.39 is 0 Å². The van der Waals surface area contributed by atoms with E-state index in [1.165, 1.54) is 11.3 Å². The predicted molar refractivity (Wildman–Crippen MR) is 81.7 cm³/mol. The lowest BCUT2D eigenvalue weighted by Crippen LogP contribution is -2.22. The van der Waals surface area contributed by atoms with Crippen LogP contribution in [-0.4, -0.2) is 17.3 Å². The van der Waals surface area contributed by atoms with E-state index in [2.05, 4.69) is 26.2 Å². The lowest BCUT2D eigenvalue weighted by atomic mass is 10.2. The Morgan fingerprint density at radius 3 is 2.84 bits per heavy atom. The molecule has 0 aliphatic rings. The Morgan fingerprint density at radius 1 is 1.47 bits per heavy atom. The van der Waals surface area contributed by atoms with Gasteiger partial charge in [0.25, 0.3) is 0 Å². The van der Waals surface area contributed by atoms with Crippen LogP contribution in [-0.2, 0) is 6.54 Å². The summed E-state index contributed by atoms with van der Waals surface area (Å²) < 4.78 is 0.520. The van der Waals surface area contributed by atoms with E-state index >= 15 is 0 Å². The lowest BCUT2D eigenvalue weighted by Gasteiger charge is -2.04. The summed E-state index contributed by atoms with van der Waals surface area (Å²) in [6, 6.07) is 7.51. The number of halogens is 2. The van der Waals surface area contributed by atoms with Crippen molar-refractivity contribution in [2.24, 2.45) is 0 Å². The summed E-state index contributed by atoms with van der Waals surface area (Å²) in [5.74, 6) is -0.0885. The Kier molecular flexibility index (Phi) is 4.93. The number of thiazole rings is 1. The molecule has 0 aliphatic carbocycles. The zero-order chi connectivity index (χ0) is 13.8. The highest BCUT2D eigenvalue weighted by molar-refractivity contribution is 9.10. The first-order valence-electron chi connectivity index (χ1n) is 5.47. The normalized spacial score (nSPS) is 10.6. The van der Waals surface area contributed by atoms with Crippen molar-refractivity contribution in [1.82, 2.24) is 10.3 Å². The number of hydrogen-bond acceptors (Lipinski definition) is 5. The quantitative estimate of drug-likeness (QED) is 0.804. The standard InChI is InChI=1S/C12H11BrClN3OS/c13-10-11(15)19-12(17-10)9(18)6-16-5-7-3-1-2-4-8(7)14/h1-4,16H,5-6,15H2. The number of carbonyl (C=O) groups is 1. The fraction of sp³-hybridized carbons (Fsp3) is 0.167. The van der Waals surface area contributed by atoms with Gasteiger partial charge in [0.2, 0.25) is 5.78 Å². The van der Waals surface area contributed by atoms with Crippen LogP contribution in [0.5, 0.6) is 0 Å². The van der Waals surface area contributed by atoms with Gasteiger partial charge in [0.05, 0.1) is 6.54 Å². The average Bonchev–Trinajstić information content (AvgIpc) is 2.72. The first-order valence-corrected chi connectivity index (χ1v) is 7.46. The summed E-state index contributed by atoms with van der Waals surface area (Å²) in [5, 5.41) is 4.64. The van der Waals surface area contributed by atoms with Gasteiger partial charge in [-0.1, -0.05) is 41.1 Å². The molecule has 1 aromatic heterocycles. The van der Waals surface area contributed by atoms with Crippen LogP contribution in [0.3, 0.4) is 0 Å². The van der Waals surface area contributed by atoms with Crippen LogP contribution in [0.25, 0.3) is 0 Å². The van der Waals surface area contributed by atoms with Crippen LogP contribution in [0.15, 0.2) is 28.9 Å². The SMILES string of the molecule is Nc1sc(C(=O)CNCc2ccccc2Cl)nc1Br. The third-order valence-electron chi connectivity index (χ3n) is 2.41. The minimum atomic E-state index is -0.0885. The number of anilines is 1. The van der Waals surface area contributed by atoms with E-state index in [4.69, 9.17) is 17.3 Å². The third-order valence-corrected chi connectivity index (χ3v) is 4.57. The minimum absolute atomic E-state index is 0.0885. The second-order valence-electron chi connectivity index (χ2n) is 3.79. The van der Waals surface area contributed by atoms with E-state index in [0.717, 1.165) is 5.56 Å². The van der Waals surface area contributed by atoms with E-state index in [1.54, 1.807) is 0 Å². The van der Waals surface area contributed by atoms with E-state index in [-0.39, 0.29) is 12.3 Å². The molecule has 0 aliphatic heterocycles. The van der Waals surface area contributed by atoms with Crippen molar-refractivity contribution in [3.05, 3.63) is 44.5 Å². The van der Waals surface area contributed by atoms with Gasteiger partial charge in [-0.3, -0.25) is 4.79 Å². The van der Waals surface area contributed by atoms with Gasteiger partial charge < -0.3 is 11.1 Å². The summed E-state index contributed by atoms with van der Waals surface area (Å²) in [5.41, 5.74) is 6.59. The molecule has 0 bridgehead atoms. The van der Waals surface area contributed by atoms with E-state index in [0.29, 0.717) is 26.2 Å². The zero-order valence-electron chi connectivity index (χ0n) is 9.82. The van der Waals surface area contributed by atoms with Gasteiger partial charge in [0.15, 0.2) is 5.01 Å². The summed E-state index contributed by atoms with van der Waals surface area (Å²) in [6.07, 6.45) is 0. The van der Waals surface area contributed by atoms with Crippen LogP contribution in [0.2, 0.25) is 5.02 Å². The molecular weight excluding hydrogens is 350 g/mol. The van der Waals surface area contributed by atoms with Crippen LogP contribution >= 0.6 is 38.9 Å². The summed E-state index contributed by atoms with van der Waals surface area (Å²) in [7, 11) is 0. The number of benzene rings is 1. The number of carbonyl (C=O) groups excluding carboxylic acids is 1. The van der Waals surface area contributed by atoms with Crippen LogP contribution in [0.4, 0.5) is 5.00 Å². The van der Waals surface area contributed by atoms with Crippen molar-refractivity contribution < 1.29 is 4.79 Å². The number of nitrogen functional groups attached to an aromatic ring is 1. The van der Waals surface area contributed by atoms with Crippen molar-refractivity contribution in [2.75, 3.05) is 12.3 Å². The number of nitrogens with zero attached hydrogens (tertiary/aromatic N) is 1. The maximum atomic E-state index is 11.9. The molecule has 19 heavy (non-hydrogen) atoms. The third kappa shape index (κ3) is 3.76. The second kappa shape index (κ2) is 6.47. The molecule has 2 rings (SSSR count). The molecule has 3 N–H and O–H groups in total. The molecule has 1 aromatic carbocycles. The highest BCUT2D eigenvalue weighted by Gasteiger charge is 2.13. The Labute approximate surface area is 128 Å². The molecule has 0 radical (unpaired) electrons. The van der Waals surface area contributed by atoms with Gasteiger partial charge in [-0.2, -0.15) is 0 Å². The number of rotatable bonds is 5. The smallest absolute Gasteiger partial charge is 0.205 e. The molecule has 7 heteroatoms. The average molecular weight is 361 g/mol. The largest absolute Gasteiger partial charge is 0.388 e. The molecule has 0 atom stereocenters. The molecule has 0 fully saturated rings. The second-order valence-corrected chi connectivity index (χ2v) is 5.98. The number of ketones is 1. The monoisotopic (exact) mass is 359 g/mol. The summed E-state index contributed by atoms with van der Waals surface area (Å²) >= 11 is 10.4. The Bertz CT molecular complexity index is 583.